The Labute approximate surface area is 141 Å². The van der Waals surface area contributed by atoms with Crippen molar-refractivity contribution in [2.75, 3.05) is 14.2 Å². The van der Waals surface area contributed by atoms with E-state index in [9.17, 15) is 0 Å². The van der Waals surface area contributed by atoms with Crippen molar-refractivity contribution in [1.82, 2.24) is 0 Å². The maximum atomic E-state index is 6.13. The topological polar surface area (TPSA) is 18.5 Å². The molecule has 0 radical (unpaired) electrons. The minimum absolute atomic E-state index is 1.21. The molecule has 0 saturated heterocycles. The third-order valence-electron chi connectivity index (χ3n) is 5.40. The van der Waals surface area contributed by atoms with Crippen LogP contribution in [0.2, 0.25) is 0 Å². The molecule has 2 nitrogen and oxygen atoms in total. The van der Waals surface area contributed by atoms with Gasteiger partial charge in [-0.05, 0) is 74.9 Å². The Bertz CT molecular complexity index is 671. The SMILES string of the molecule is CO[Si](OC)(c1ccc(C)c(C)c1C)c1ccc(C)c(C)c1C. The molecule has 124 valence electrons. The fourth-order valence-electron chi connectivity index (χ4n) is 3.29. The molecule has 0 bridgehead atoms. The van der Waals surface area contributed by atoms with Gasteiger partial charge in [-0.15, -0.1) is 0 Å². The fraction of sp³-hybridized carbons (Fsp3) is 0.400. The summed E-state index contributed by atoms with van der Waals surface area (Å²) >= 11 is 0. The van der Waals surface area contributed by atoms with Crippen LogP contribution < -0.4 is 10.4 Å². The van der Waals surface area contributed by atoms with Gasteiger partial charge < -0.3 is 8.85 Å². The van der Waals surface area contributed by atoms with Gasteiger partial charge in [0.2, 0.25) is 0 Å². The number of hydrogen-bond donors (Lipinski definition) is 0. The molecule has 2 aromatic rings. The molecule has 0 N–H and O–H groups in total. The Morgan fingerprint density at radius 3 is 1.22 bits per heavy atom. The van der Waals surface area contributed by atoms with Gasteiger partial charge in [0.1, 0.15) is 0 Å². The molecule has 0 fully saturated rings. The maximum Gasteiger partial charge on any atom is 0.407 e. The highest BCUT2D eigenvalue weighted by Gasteiger charge is 2.43. The first kappa shape index (κ1) is 17.9. The highest BCUT2D eigenvalue weighted by Crippen LogP contribution is 2.19. The van der Waals surface area contributed by atoms with E-state index in [1.807, 2.05) is 0 Å². The van der Waals surface area contributed by atoms with Crippen LogP contribution in [-0.4, -0.2) is 22.8 Å². The third-order valence-corrected chi connectivity index (χ3v) is 9.05. The van der Waals surface area contributed by atoms with E-state index < -0.39 is 8.56 Å². The predicted octanol–water partition coefficient (Wildman–Crippen LogP) is 3.39. The maximum absolute atomic E-state index is 6.13. The van der Waals surface area contributed by atoms with Gasteiger partial charge in [-0.1, -0.05) is 24.3 Å². The molecule has 0 aliphatic heterocycles. The lowest BCUT2D eigenvalue weighted by molar-refractivity contribution is 0.272. The molecule has 0 spiro atoms. The van der Waals surface area contributed by atoms with Crippen LogP contribution in [0.25, 0.3) is 0 Å². The van der Waals surface area contributed by atoms with Gasteiger partial charge in [0.05, 0.1) is 0 Å². The summed E-state index contributed by atoms with van der Waals surface area (Å²) in [5.41, 5.74) is 7.79. The van der Waals surface area contributed by atoms with Gasteiger partial charge in [0.25, 0.3) is 0 Å². The summed E-state index contributed by atoms with van der Waals surface area (Å²) in [5.74, 6) is 0. The fourth-order valence-corrected chi connectivity index (χ4v) is 6.60. The summed E-state index contributed by atoms with van der Waals surface area (Å²) in [7, 11) is 0.860. The molecule has 3 heteroatoms. The summed E-state index contributed by atoms with van der Waals surface area (Å²) in [4.78, 5) is 0. The Morgan fingerprint density at radius 2 is 0.913 bits per heavy atom. The van der Waals surface area contributed by atoms with Gasteiger partial charge in [-0.3, -0.25) is 0 Å². The van der Waals surface area contributed by atoms with E-state index in [1.165, 1.54) is 43.8 Å². The summed E-state index contributed by atoms with van der Waals surface area (Å²) in [6.07, 6.45) is 0. The molecule has 23 heavy (non-hydrogen) atoms. The molecular weight excluding hydrogens is 300 g/mol. The molecule has 2 rings (SSSR count). The van der Waals surface area contributed by atoms with E-state index in [0.717, 1.165) is 0 Å². The quantitative estimate of drug-likeness (QED) is 0.801. The van der Waals surface area contributed by atoms with Gasteiger partial charge in [0.15, 0.2) is 0 Å². The van der Waals surface area contributed by atoms with Crippen LogP contribution in [0.1, 0.15) is 33.4 Å². The molecule has 0 aliphatic carbocycles. The largest absolute Gasteiger partial charge is 0.407 e. The second-order valence-corrected chi connectivity index (χ2v) is 9.51. The molecule has 0 amide bonds. The van der Waals surface area contributed by atoms with Crippen molar-refractivity contribution >= 4 is 18.9 Å². The Balaban J connectivity index is 2.81. The first-order valence-corrected chi connectivity index (χ1v) is 9.86. The Kier molecular flexibility index (Phi) is 5.14. The third kappa shape index (κ3) is 2.78. The monoisotopic (exact) mass is 328 g/mol. The highest BCUT2D eigenvalue weighted by atomic mass is 28.4. The average Bonchev–Trinajstić information content (AvgIpc) is 2.55. The van der Waals surface area contributed by atoms with E-state index in [0.29, 0.717) is 0 Å². The van der Waals surface area contributed by atoms with Crippen molar-refractivity contribution in [3.05, 3.63) is 57.6 Å². The summed E-state index contributed by atoms with van der Waals surface area (Å²) in [6, 6.07) is 8.72. The summed E-state index contributed by atoms with van der Waals surface area (Å²) in [5, 5.41) is 2.41. The number of benzene rings is 2. The number of rotatable bonds is 4. The van der Waals surface area contributed by atoms with E-state index in [2.05, 4.69) is 65.8 Å². The van der Waals surface area contributed by atoms with Crippen LogP contribution in [0.4, 0.5) is 0 Å². The van der Waals surface area contributed by atoms with Gasteiger partial charge in [-0.2, -0.15) is 0 Å². The normalized spacial score (nSPS) is 11.8. The van der Waals surface area contributed by atoms with Crippen LogP contribution >= 0.6 is 0 Å². The lowest BCUT2D eigenvalue weighted by Crippen LogP contribution is -2.64. The molecule has 0 aromatic heterocycles. The zero-order valence-corrected chi connectivity index (χ0v) is 16.6. The lowest BCUT2D eigenvalue weighted by Gasteiger charge is -2.32. The van der Waals surface area contributed by atoms with Gasteiger partial charge in [-0.25, -0.2) is 0 Å². The van der Waals surface area contributed by atoms with Crippen LogP contribution in [0, 0.1) is 41.5 Å². The van der Waals surface area contributed by atoms with E-state index >= 15 is 0 Å². The standard InChI is InChI=1S/C20H28O2Si/c1-13-9-11-19(17(5)15(13)3)23(21-7,22-8)20-12-10-14(2)16(4)18(20)6/h9-12H,1-8H3. The lowest BCUT2D eigenvalue weighted by atomic mass is 10.0. The molecule has 0 atom stereocenters. The second kappa shape index (κ2) is 6.60. The Hall–Kier alpha value is -1.42. The number of hydrogen-bond acceptors (Lipinski definition) is 2. The summed E-state index contributed by atoms with van der Waals surface area (Å²) in [6.45, 7) is 13.0. The van der Waals surface area contributed by atoms with Crippen molar-refractivity contribution < 1.29 is 8.85 Å². The molecule has 0 aliphatic rings. The van der Waals surface area contributed by atoms with E-state index in [-0.39, 0.29) is 0 Å². The van der Waals surface area contributed by atoms with Crippen LogP contribution in [-0.2, 0) is 8.85 Å². The molecule has 0 saturated carbocycles. The molecule has 0 heterocycles. The number of aryl methyl sites for hydroxylation is 2. The van der Waals surface area contributed by atoms with Crippen LogP contribution in [0.5, 0.6) is 0 Å². The first-order valence-electron chi connectivity index (χ1n) is 8.05. The van der Waals surface area contributed by atoms with Crippen LogP contribution in [0.15, 0.2) is 24.3 Å². The smallest absolute Gasteiger partial charge is 0.391 e. The zero-order valence-electron chi connectivity index (χ0n) is 15.6. The Morgan fingerprint density at radius 1 is 0.565 bits per heavy atom. The predicted molar refractivity (Wildman–Crippen MR) is 100 cm³/mol. The van der Waals surface area contributed by atoms with Crippen molar-refractivity contribution in [2.45, 2.75) is 41.5 Å². The first-order chi connectivity index (χ1) is 10.8. The van der Waals surface area contributed by atoms with E-state index in [4.69, 9.17) is 8.85 Å². The van der Waals surface area contributed by atoms with Crippen molar-refractivity contribution in [3.63, 3.8) is 0 Å². The minimum atomic E-state index is -2.69. The van der Waals surface area contributed by atoms with Crippen molar-refractivity contribution in [1.29, 1.82) is 0 Å². The van der Waals surface area contributed by atoms with Crippen molar-refractivity contribution in [2.24, 2.45) is 0 Å². The van der Waals surface area contributed by atoms with Gasteiger partial charge in [0, 0.05) is 24.6 Å². The van der Waals surface area contributed by atoms with E-state index in [1.54, 1.807) is 14.2 Å². The average molecular weight is 329 g/mol. The molecular formula is C20H28O2Si. The summed E-state index contributed by atoms with van der Waals surface area (Å²) < 4.78 is 12.3. The zero-order chi connectivity index (χ0) is 17.4. The molecule has 2 aromatic carbocycles. The highest BCUT2D eigenvalue weighted by molar-refractivity contribution is 6.93. The second-order valence-electron chi connectivity index (χ2n) is 6.38. The molecule has 0 unspecified atom stereocenters. The van der Waals surface area contributed by atoms with Gasteiger partial charge >= 0.3 is 8.56 Å². The van der Waals surface area contributed by atoms with Crippen molar-refractivity contribution in [3.8, 4) is 0 Å². The van der Waals surface area contributed by atoms with Crippen LogP contribution in [0.3, 0.4) is 0 Å². The minimum Gasteiger partial charge on any atom is -0.391 e.